The minimum Gasteiger partial charge on any atom is -0.435 e. The van der Waals surface area contributed by atoms with Crippen LogP contribution >= 0.6 is 0 Å². The minimum atomic E-state index is -2.87. The van der Waals surface area contributed by atoms with Crippen LogP contribution in [0.4, 0.5) is 8.78 Å². The number of ether oxygens (including phenoxy) is 1. The Balaban J connectivity index is 1.88. The molecule has 116 valence electrons. The molecule has 0 saturated heterocycles. The van der Waals surface area contributed by atoms with E-state index < -0.39 is 6.61 Å². The first-order valence-electron chi connectivity index (χ1n) is 7.10. The van der Waals surface area contributed by atoms with Crippen LogP contribution in [0.25, 0.3) is 0 Å². The fourth-order valence-electron chi connectivity index (χ4n) is 2.58. The third kappa shape index (κ3) is 4.67. The second-order valence-electron chi connectivity index (χ2n) is 5.51. The van der Waals surface area contributed by atoms with E-state index in [1.165, 1.54) is 30.7 Å². The number of nitrogens with two attached hydrogens (primary N) is 1. The van der Waals surface area contributed by atoms with E-state index >= 15 is 0 Å². The molecule has 4 nitrogen and oxygen atoms in total. The first kappa shape index (κ1) is 15.7. The highest BCUT2D eigenvalue weighted by atomic mass is 19.3. The molecular weight excluding hydrogens is 278 g/mol. The van der Waals surface area contributed by atoms with Gasteiger partial charge in [0.2, 0.25) is 0 Å². The topological polar surface area (TPSA) is 64.3 Å². The molecule has 3 N–H and O–H groups in total. The van der Waals surface area contributed by atoms with Crippen molar-refractivity contribution in [2.45, 2.75) is 44.3 Å². The van der Waals surface area contributed by atoms with Gasteiger partial charge in [-0.05, 0) is 37.1 Å². The molecule has 21 heavy (non-hydrogen) atoms. The monoisotopic (exact) mass is 298 g/mol. The number of benzene rings is 1. The van der Waals surface area contributed by atoms with Gasteiger partial charge in [-0.25, -0.2) is 0 Å². The summed E-state index contributed by atoms with van der Waals surface area (Å²) in [7, 11) is 0. The summed E-state index contributed by atoms with van der Waals surface area (Å²) in [5.74, 6) is -0.224. The van der Waals surface area contributed by atoms with E-state index in [0.29, 0.717) is 12.1 Å². The van der Waals surface area contributed by atoms with E-state index in [1.807, 2.05) is 0 Å². The van der Waals surface area contributed by atoms with Crippen molar-refractivity contribution in [3.8, 4) is 5.75 Å². The third-order valence-corrected chi connectivity index (χ3v) is 3.79. The molecule has 1 aromatic carbocycles. The summed E-state index contributed by atoms with van der Waals surface area (Å²) in [6, 6.07) is 5.61. The van der Waals surface area contributed by atoms with E-state index in [9.17, 15) is 13.6 Å². The van der Waals surface area contributed by atoms with Crippen LogP contribution in [0.5, 0.6) is 5.75 Å². The SMILES string of the molecule is NC1(CNC(=O)c2ccc(OC(F)F)cc2)CCCCC1. The molecule has 0 spiro atoms. The maximum absolute atomic E-state index is 12.0. The summed E-state index contributed by atoms with van der Waals surface area (Å²) in [6.07, 6.45) is 5.19. The largest absolute Gasteiger partial charge is 0.435 e. The van der Waals surface area contributed by atoms with Crippen molar-refractivity contribution in [2.75, 3.05) is 6.54 Å². The zero-order valence-corrected chi connectivity index (χ0v) is 11.8. The Morgan fingerprint density at radius 2 is 1.86 bits per heavy atom. The normalized spacial score (nSPS) is 17.5. The molecule has 2 rings (SSSR count). The smallest absolute Gasteiger partial charge is 0.387 e. The molecule has 0 atom stereocenters. The summed E-state index contributed by atoms with van der Waals surface area (Å²) >= 11 is 0. The van der Waals surface area contributed by atoms with Crippen molar-refractivity contribution in [2.24, 2.45) is 5.73 Å². The number of hydrogen-bond acceptors (Lipinski definition) is 3. The van der Waals surface area contributed by atoms with Crippen LogP contribution < -0.4 is 15.8 Å². The summed E-state index contributed by atoms with van der Waals surface area (Å²) < 4.78 is 28.3. The van der Waals surface area contributed by atoms with Gasteiger partial charge in [-0.1, -0.05) is 19.3 Å². The van der Waals surface area contributed by atoms with E-state index in [0.717, 1.165) is 25.7 Å². The second kappa shape index (κ2) is 6.85. The molecule has 0 unspecified atom stereocenters. The average Bonchev–Trinajstić information content (AvgIpc) is 2.46. The minimum absolute atomic E-state index is 0.0316. The third-order valence-electron chi connectivity index (χ3n) is 3.79. The van der Waals surface area contributed by atoms with Crippen molar-refractivity contribution >= 4 is 5.91 Å². The highest BCUT2D eigenvalue weighted by molar-refractivity contribution is 5.94. The fourth-order valence-corrected chi connectivity index (χ4v) is 2.58. The number of carbonyl (C=O) groups excluding carboxylic acids is 1. The van der Waals surface area contributed by atoms with Crippen molar-refractivity contribution in [3.63, 3.8) is 0 Å². The quantitative estimate of drug-likeness (QED) is 0.878. The Labute approximate surface area is 122 Å². The highest BCUT2D eigenvalue weighted by Crippen LogP contribution is 2.25. The van der Waals surface area contributed by atoms with E-state index in [1.54, 1.807) is 0 Å². The van der Waals surface area contributed by atoms with Crippen LogP contribution in [0, 0.1) is 0 Å². The fraction of sp³-hybridized carbons (Fsp3) is 0.533. The Morgan fingerprint density at radius 3 is 2.43 bits per heavy atom. The molecule has 6 heteroatoms. The van der Waals surface area contributed by atoms with Crippen molar-refractivity contribution in [3.05, 3.63) is 29.8 Å². The summed E-state index contributed by atoms with van der Waals surface area (Å²) in [5, 5.41) is 2.82. The molecule has 1 aliphatic carbocycles. The molecule has 1 amide bonds. The van der Waals surface area contributed by atoms with Gasteiger partial charge in [0.25, 0.3) is 5.91 Å². The standard InChI is InChI=1S/C15H20F2N2O2/c16-14(17)21-12-6-4-11(5-7-12)13(20)19-10-15(18)8-2-1-3-9-15/h4-7,14H,1-3,8-10,18H2,(H,19,20). The molecule has 0 radical (unpaired) electrons. The summed E-state index contributed by atoms with van der Waals surface area (Å²) in [4.78, 5) is 12.0. The predicted molar refractivity (Wildman–Crippen MR) is 75.4 cm³/mol. The molecule has 1 aliphatic rings. The number of alkyl halides is 2. The summed E-state index contributed by atoms with van der Waals surface area (Å²) in [6.45, 7) is -2.44. The molecule has 1 saturated carbocycles. The number of carbonyl (C=O) groups is 1. The lowest BCUT2D eigenvalue weighted by molar-refractivity contribution is -0.0498. The van der Waals surface area contributed by atoms with Crippen LogP contribution in [-0.4, -0.2) is 24.6 Å². The van der Waals surface area contributed by atoms with Crippen LogP contribution in [0.15, 0.2) is 24.3 Å². The second-order valence-corrected chi connectivity index (χ2v) is 5.51. The molecule has 1 fully saturated rings. The van der Waals surface area contributed by atoms with Gasteiger partial charge in [0.05, 0.1) is 0 Å². The lowest BCUT2D eigenvalue weighted by atomic mass is 9.82. The van der Waals surface area contributed by atoms with Gasteiger partial charge in [0.1, 0.15) is 5.75 Å². The Morgan fingerprint density at radius 1 is 1.24 bits per heavy atom. The lowest BCUT2D eigenvalue weighted by Crippen LogP contribution is -2.51. The zero-order chi connectivity index (χ0) is 15.3. The first-order chi connectivity index (χ1) is 9.98. The van der Waals surface area contributed by atoms with Crippen LogP contribution in [0.2, 0.25) is 0 Å². The Kier molecular flexibility index (Phi) is 5.12. The van der Waals surface area contributed by atoms with Gasteiger partial charge in [-0.2, -0.15) is 8.78 Å². The molecule has 0 heterocycles. The summed E-state index contributed by atoms with van der Waals surface area (Å²) in [5.41, 5.74) is 6.32. The van der Waals surface area contributed by atoms with Gasteiger partial charge < -0.3 is 15.8 Å². The molecule has 0 aliphatic heterocycles. The number of rotatable bonds is 5. The van der Waals surface area contributed by atoms with Crippen molar-refractivity contribution < 1.29 is 18.3 Å². The molecule has 1 aromatic rings. The average molecular weight is 298 g/mol. The van der Waals surface area contributed by atoms with Crippen molar-refractivity contribution in [1.82, 2.24) is 5.32 Å². The number of amides is 1. The van der Waals surface area contributed by atoms with Crippen molar-refractivity contribution in [1.29, 1.82) is 0 Å². The maximum Gasteiger partial charge on any atom is 0.387 e. The van der Waals surface area contributed by atoms with Gasteiger partial charge in [0, 0.05) is 17.6 Å². The molecule has 0 bridgehead atoms. The van der Waals surface area contributed by atoms with Gasteiger partial charge in [-0.3, -0.25) is 4.79 Å². The van der Waals surface area contributed by atoms with E-state index in [2.05, 4.69) is 10.1 Å². The van der Waals surface area contributed by atoms with Gasteiger partial charge >= 0.3 is 6.61 Å². The van der Waals surface area contributed by atoms with E-state index in [4.69, 9.17) is 5.73 Å². The van der Waals surface area contributed by atoms with Gasteiger partial charge in [0.15, 0.2) is 0 Å². The Bertz CT molecular complexity index is 471. The van der Waals surface area contributed by atoms with Crippen LogP contribution in [-0.2, 0) is 0 Å². The molecule has 0 aromatic heterocycles. The first-order valence-corrected chi connectivity index (χ1v) is 7.10. The maximum atomic E-state index is 12.0. The Hall–Kier alpha value is -1.69. The number of nitrogens with one attached hydrogen (secondary N) is 1. The lowest BCUT2D eigenvalue weighted by Gasteiger charge is -2.33. The highest BCUT2D eigenvalue weighted by Gasteiger charge is 2.27. The number of hydrogen-bond donors (Lipinski definition) is 2. The zero-order valence-electron chi connectivity index (χ0n) is 11.8. The predicted octanol–water partition coefficient (Wildman–Crippen LogP) is 2.68. The molecular formula is C15H20F2N2O2. The van der Waals surface area contributed by atoms with E-state index in [-0.39, 0.29) is 17.2 Å². The van der Waals surface area contributed by atoms with Crippen LogP contribution in [0.3, 0.4) is 0 Å². The van der Waals surface area contributed by atoms with Crippen LogP contribution in [0.1, 0.15) is 42.5 Å². The number of halogens is 2. The van der Waals surface area contributed by atoms with Gasteiger partial charge in [-0.15, -0.1) is 0 Å².